The normalized spacial score (nSPS) is 14.9. The van der Waals surface area contributed by atoms with Gasteiger partial charge in [0, 0.05) is 7.11 Å². The SMILES string of the molecule is COCC(C)(N)c1ccc2ccccc2c1. The number of nitrogens with two attached hydrogens (primary N) is 1. The van der Waals surface area contributed by atoms with Crippen molar-refractivity contribution in [1.29, 1.82) is 0 Å². The quantitative estimate of drug-likeness (QED) is 0.854. The first-order valence-corrected chi connectivity index (χ1v) is 5.40. The number of benzene rings is 2. The largest absolute Gasteiger partial charge is 0.382 e. The predicted molar refractivity (Wildman–Crippen MR) is 67.4 cm³/mol. The molecule has 0 amide bonds. The van der Waals surface area contributed by atoms with Crippen LogP contribution in [-0.2, 0) is 10.3 Å². The van der Waals surface area contributed by atoms with E-state index >= 15 is 0 Å². The highest BCUT2D eigenvalue weighted by Crippen LogP contribution is 2.23. The van der Waals surface area contributed by atoms with E-state index in [0.717, 1.165) is 5.56 Å². The standard InChI is InChI=1S/C14H17NO/c1-14(15,10-16-2)13-8-7-11-5-3-4-6-12(11)9-13/h3-9H,10,15H2,1-2H3. The van der Waals surface area contributed by atoms with E-state index < -0.39 is 5.54 Å². The number of hydrogen-bond acceptors (Lipinski definition) is 2. The third kappa shape index (κ3) is 2.08. The molecule has 84 valence electrons. The average molecular weight is 215 g/mol. The average Bonchev–Trinajstić information content (AvgIpc) is 2.28. The van der Waals surface area contributed by atoms with Gasteiger partial charge in [-0.05, 0) is 29.3 Å². The predicted octanol–water partition coefficient (Wildman–Crippen LogP) is 2.66. The van der Waals surface area contributed by atoms with Gasteiger partial charge in [-0.2, -0.15) is 0 Å². The minimum Gasteiger partial charge on any atom is -0.382 e. The Labute approximate surface area is 96.0 Å². The molecule has 1 atom stereocenters. The summed E-state index contributed by atoms with van der Waals surface area (Å²) in [4.78, 5) is 0. The molecule has 0 aliphatic rings. The lowest BCUT2D eigenvalue weighted by Gasteiger charge is -2.24. The van der Waals surface area contributed by atoms with Crippen molar-refractivity contribution in [3.8, 4) is 0 Å². The second-order valence-electron chi connectivity index (χ2n) is 4.41. The van der Waals surface area contributed by atoms with Gasteiger partial charge < -0.3 is 10.5 Å². The van der Waals surface area contributed by atoms with E-state index in [1.165, 1.54) is 10.8 Å². The molecule has 2 heteroatoms. The highest BCUT2D eigenvalue weighted by atomic mass is 16.5. The van der Waals surface area contributed by atoms with Gasteiger partial charge in [-0.3, -0.25) is 0 Å². The Hall–Kier alpha value is -1.38. The Morgan fingerprint density at radius 1 is 1.12 bits per heavy atom. The van der Waals surface area contributed by atoms with Crippen molar-refractivity contribution in [3.63, 3.8) is 0 Å². The van der Waals surface area contributed by atoms with E-state index in [0.29, 0.717) is 6.61 Å². The van der Waals surface area contributed by atoms with Crippen LogP contribution in [0.1, 0.15) is 12.5 Å². The summed E-state index contributed by atoms with van der Waals surface area (Å²) in [6, 6.07) is 14.6. The van der Waals surface area contributed by atoms with E-state index in [1.807, 2.05) is 19.1 Å². The first kappa shape index (κ1) is 11.1. The van der Waals surface area contributed by atoms with Crippen LogP contribution in [0.3, 0.4) is 0 Å². The van der Waals surface area contributed by atoms with Gasteiger partial charge in [-0.25, -0.2) is 0 Å². The first-order chi connectivity index (χ1) is 7.63. The minimum atomic E-state index is -0.432. The zero-order chi connectivity index (χ0) is 11.6. The maximum Gasteiger partial charge on any atom is 0.0681 e. The maximum absolute atomic E-state index is 6.21. The van der Waals surface area contributed by atoms with Crippen molar-refractivity contribution >= 4 is 10.8 Å². The molecule has 0 heterocycles. The first-order valence-electron chi connectivity index (χ1n) is 5.40. The molecule has 2 aromatic rings. The molecule has 0 aliphatic carbocycles. The Balaban J connectivity index is 2.46. The summed E-state index contributed by atoms with van der Waals surface area (Å²) in [7, 11) is 1.67. The molecule has 0 fully saturated rings. The van der Waals surface area contributed by atoms with Crippen LogP contribution in [0, 0.1) is 0 Å². The number of fused-ring (bicyclic) bond motifs is 1. The maximum atomic E-state index is 6.21. The second kappa shape index (κ2) is 4.24. The van der Waals surface area contributed by atoms with Gasteiger partial charge in [-0.1, -0.05) is 36.4 Å². The van der Waals surface area contributed by atoms with Crippen LogP contribution in [0.4, 0.5) is 0 Å². The fourth-order valence-electron chi connectivity index (χ4n) is 1.93. The number of ether oxygens (including phenoxy) is 1. The lowest BCUT2D eigenvalue weighted by Crippen LogP contribution is -2.37. The summed E-state index contributed by atoms with van der Waals surface area (Å²) >= 11 is 0. The van der Waals surface area contributed by atoms with E-state index in [4.69, 9.17) is 10.5 Å². The van der Waals surface area contributed by atoms with Crippen LogP contribution in [0.5, 0.6) is 0 Å². The number of rotatable bonds is 3. The van der Waals surface area contributed by atoms with E-state index in [-0.39, 0.29) is 0 Å². The zero-order valence-electron chi connectivity index (χ0n) is 9.73. The van der Waals surface area contributed by atoms with Gasteiger partial charge in [0.15, 0.2) is 0 Å². The van der Waals surface area contributed by atoms with Crippen LogP contribution in [0.15, 0.2) is 42.5 Å². The molecule has 0 spiro atoms. The number of methoxy groups -OCH3 is 1. The summed E-state index contributed by atoms with van der Waals surface area (Å²) in [5.41, 5.74) is 6.89. The molecule has 16 heavy (non-hydrogen) atoms. The van der Waals surface area contributed by atoms with Crippen molar-refractivity contribution in [2.24, 2.45) is 5.73 Å². The third-order valence-electron chi connectivity index (χ3n) is 2.85. The molecule has 0 radical (unpaired) electrons. The molecule has 1 unspecified atom stereocenters. The molecular formula is C14H17NO. The molecule has 0 bridgehead atoms. The lowest BCUT2D eigenvalue weighted by atomic mass is 9.92. The van der Waals surface area contributed by atoms with Crippen LogP contribution >= 0.6 is 0 Å². The van der Waals surface area contributed by atoms with Crippen molar-refractivity contribution in [2.45, 2.75) is 12.5 Å². The van der Waals surface area contributed by atoms with Crippen LogP contribution in [0.2, 0.25) is 0 Å². The van der Waals surface area contributed by atoms with E-state index in [1.54, 1.807) is 7.11 Å². The molecule has 2 N–H and O–H groups in total. The molecule has 2 aromatic carbocycles. The highest BCUT2D eigenvalue weighted by molar-refractivity contribution is 5.83. The van der Waals surface area contributed by atoms with Crippen molar-refractivity contribution in [1.82, 2.24) is 0 Å². The Morgan fingerprint density at radius 2 is 1.81 bits per heavy atom. The molecule has 0 saturated heterocycles. The topological polar surface area (TPSA) is 35.2 Å². The molecule has 0 aliphatic heterocycles. The summed E-state index contributed by atoms with van der Waals surface area (Å²) in [5, 5.41) is 2.45. The number of hydrogen-bond donors (Lipinski definition) is 1. The summed E-state index contributed by atoms with van der Waals surface area (Å²) < 4.78 is 5.15. The van der Waals surface area contributed by atoms with Gasteiger partial charge in [0.2, 0.25) is 0 Å². The van der Waals surface area contributed by atoms with Gasteiger partial charge in [0.05, 0.1) is 12.1 Å². The van der Waals surface area contributed by atoms with Crippen molar-refractivity contribution < 1.29 is 4.74 Å². The zero-order valence-corrected chi connectivity index (χ0v) is 9.73. The fraction of sp³-hybridized carbons (Fsp3) is 0.286. The monoisotopic (exact) mass is 215 g/mol. The Kier molecular flexibility index (Phi) is 2.95. The molecule has 2 rings (SSSR count). The van der Waals surface area contributed by atoms with Gasteiger partial charge in [0.1, 0.15) is 0 Å². The Bertz CT molecular complexity index is 491. The van der Waals surface area contributed by atoms with Crippen LogP contribution in [-0.4, -0.2) is 13.7 Å². The van der Waals surface area contributed by atoms with E-state index in [9.17, 15) is 0 Å². The molecular weight excluding hydrogens is 198 g/mol. The van der Waals surface area contributed by atoms with Crippen LogP contribution < -0.4 is 5.73 Å². The lowest BCUT2D eigenvalue weighted by molar-refractivity contribution is 0.141. The Morgan fingerprint density at radius 3 is 2.50 bits per heavy atom. The van der Waals surface area contributed by atoms with Crippen LogP contribution in [0.25, 0.3) is 10.8 Å². The van der Waals surface area contributed by atoms with E-state index in [2.05, 4.69) is 30.3 Å². The summed E-state index contributed by atoms with van der Waals surface area (Å²) in [6.45, 7) is 2.51. The molecule has 0 aromatic heterocycles. The van der Waals surface area contributed by atoms with Crippen molar-refractivity contribution in [3.05, 3.63) is 48.0 Å². The third-order valence-corrected chi connectivity index (χ3v) is 2.85. The smallest absolute Gasteiger partial charge is 0.0681 e. The molecule has 0 saturated carbocycles. The van der Waals surface area contributed by atoms with Gasteiger partial charge in [-0.15, -0.1) is 0 Å². The fourth-order valence-corrected chi connectivity index (χ4v) is 1.93. The van der Waals surface area contributed by atoms with Gasteiger partial charge in [0.25, 0.3) is 0 Å². The highest BCUT2D eigenvalue weighted by Gasteiger charge is 2.20. The van der Waals surface area contributed by atoms with Crippen molar-refractivity contribution in [2.75, 3.05) is 13.7 Å². The van der Waals surface area contributed by atoms with Gasteiger partial charge >= 0.3 is 0 Å². The second-order valence-corrected chi connectivity index (χ2v) is 4.41. The molecule has 2 nitrogen and oxygen atoms in total. The summed E-state index contributed by atoms with van der Waals surface area (Å²) in [5.74, 6) is 0. The minimum absolute atomic E-state index is 0.432. The summed E-state index contributed by atoms with van der Waals surface area (Å²) in [6.07, 6.45) is 0.